The first-order valence-corrected chi connectivity index (χ1v) is 4.71. The van der Waals surface area contributed by atoms with Crippen molar-refractivity contribution in [3.05, 3.63) is 26.8 Å². The van der Waals surface area contributed by atoms with Crippen molar-refractivity contribution in [2.45, 2.75) is 0 Å². The lowest BCUT2D eigenvalue weighted by atomic mass is 10.3. The summed E-state index contributed by atoms with van der Waals surface area (Å²) in [5.41, 5.74) is 0. The summed E-state index contributed by atoms with van der Waals surface area (Å²) < 4.78 is 6.13. The summed E-state index contributed by atoms with van der Waals surface area (Å²) in [6.45, 7) is 0.274. The number of halogens is 2. The number of terminal acetylenes is 1. The minimum absolute atomic E-state index is 0.274. The predicted molar refractivity (Wildman–Crippen MR) is 58.5 cm³/mol. The van der Waals surface area contributed by atoms with E-state index in [4.69, 9.17) is 22.8 Å². The summed E-state index contributed by atoms with van der Waals surface area (Å²) >= 11 is 7.97. The summed E-state index contributed by atoms with van der Waals surface area (Å²) in [5.74, 6) is 3.13. The van der Waals surface area contributed by atoms with Gasteiger partial charge in [0.1, 0.15) is 12.4 Å². The standard InChI is InChI=1S/C9H6ClIO/c1-2-6-12-8-5-3-4-7(10)9(8)11/h1,3-5H,6H2. The topological polar surface area (TPSA) is 9.23 Å². The van der Waals surface area contributed by atoms with Crippen molar-refractivity contribution in [1.29, 1.82) is 0 Å². The van der Waals surface area contributed by atoms with Crippen molar-refractivity contribution in [1.82, 2.24) is 0 Å². The van der Waals surface area contributed by atoms with Crippen LogP contribution in [-0.4, -0.2) is 6.61 Å². The third kappa shape index (κ3) is 2.29. The molecule has 1 nitrogen and oxygen atoms in total. The highest BCUT2D eigenvalue weighted by atomic mass is 127. The molecule has 0 spiro atoms. The monoisotopic (exact) mass is 292 g/mol. The van der Waals surface area contributed by atoms with E-state index in [1.165, 1.54) is 0 Å². The number of ether oxygens (including phenoxy) is 1. The highest BCUT2D eigenvalue weighted by molar-refractivity contribution is 14.1. The van der Waals surface area contributed by atoms with Gasteiger partial charge in [-0.25, -0.2) is 0 Å². The Balaban J connectivity index is 2.86. The van der Waals surface area contributed by atoms with Crippen LogP contribution in [0.3, 0.4) is 0 Å². The van der Waals surface area contributed by atoms with Gasteiger partial charge in [0.2, 0.25) is 0 Å². The second-order valence-corrected chi connectivity index (χ2v) is 3.53. The van der Waals surface area contributed by atoms with Gasteiger partial charge >= 0.3 is 0 Å². The molecule has 0 unspecified atom stereocenters. The van der Waals surface area contributed by atoms with Crippen LogP contribution in [-0.2, 0) is 0 Å². The first-order valence-electron chi connectivity index (χ1n) is 3.26. The van der Waals surface area contributed by atoms with Crippen molar-refractivity contribution < 1.29 is 4.74 Å². The minimum Gasteiger partial charge on any atom is -0.480 e. The maximum Gasteiger partial charge on any atom is 0.148 e. The van der Waals surface area contributed by atoms with Crippen LogP contribution in [0.1, 0.15) is 0 Å². The van der Waals surface area contributed by atoms with Crippen LogP contribution >= 0.6 is 34.2 Å². The number of benzene rings is 1. The average Bonchev–Trinajstić information content (AvgIpc) is 2.08. The molecule has 0 fully saturated rings. The van der Waals surface area contributed by atoms with Crippen LogP contribution in [0.15, 0.2) is 18.2 Å². The minimum atomic E-state index is 0.274. The van der Waals surface area contributed by atoms with E-state index in [9.17, 15) is 0 Å². The molecule has 1 rings (SSSR count). The molecule has 62 valence electrons. The van der Waals surface area contributed by atoms with Crippen LogP contribution in [0.4, 0.5) is 0 Å². The fraction of sp³-hybridized carbons (Fsp3) is 0.111. The van der Waals surface area contributed by atoms with Gasteiger partial charge in [-0.05, 0) is 34.7 Å². The van der Waals surface area contributed by atoms with E-state index in [-0.39, 0.29) is 6.61 Å². The van der Waals surface area contributed by atoms with Crippen LogP contribution in [0.2, 0.25) is 5.02 Å². The molecule has 0 aliphatic rings. The Hall–Kier alpha value is -0.400. The van der Waals surface area contributed by atoms with Crippen molar-refractivity contribution in [2.75, 3.05) is 6.61 Å². The van der Waals surface area contributed by atoms with E-state index in [1.54, 1.807) is 0 Å². The third-order valence-electron chi connectivity index (χ3n) is 1.23. The molecule has 12 heavy (non-hydrogen) atoms. The molecular weight excluding hydrogens is 286 g/mol. The average molecular weight is 293 g/mol. The summed E-state index contributed by atoms with van der Waals surface area (Å²) in [6, 6.07) is 5.48. The number of hydrogen-bond donors (Lipinski definition) is 0. The molecule has 0 aliphatic carbocycles. The Bertz CT molecular complexity index is 317. The molecule has 0 heterocycles. The maximum absolute atomic E-state index is 5.85. The van der Waals surface area contributed by atoms with E-state index in [2.05, 4.69) is 28.5 Å². The molecule has 0 saturated heterocycles. The smallest absolute Gasteiger partial charge is 0.148 e. The zero-order valence-electron chi connectivity index (χ0n) is 6.18. The van der Waals surface area contributed by atoms with Gasteiger partial charge in [0.25, 0.3) is 0 Å². The van der Waals surface area contributed by atoms with Gasteiger partial charge in [-0.2, -0.15) is 0 Å². The van der Waals surface area contributed by atoms with Gasteiger partial charge in [0.05, 0.1) is 8.59 Å². The van der Waals surface area contributed by atoms with Crippen LogP contribution in [0.5, 0.6) is 5.75 Å². The first kappa shape index (κ1) is 9.69. The van der Waals surface area contributed by atoms with E-state index in [0.717, 1.165) is 9.32 Å². The summed E-state index contributed by atoms with van der Waals surface area (Å²) in [7, 11) is 0. The molecule has 0 bridgehead atoms. The number of hydrogen-bond acceptors (Lipinski definition) is 1. The van der Waals surface area contributed by atoms with Crippen molar-refractivity contribution in [2.24, 2.45) is 0 Å². The van der Waals surface area contributed by atoms with Gasteiger partial charge < -0.3 is 4.74 Å². The van der Waals surface area contributed by atoms with Crippen LogP contribution < -0.4 is 4.74 Å². The second-order valence-electron chi connectivity index (χ2n) is 2.04. The summed E-state index contributed by atoms with van der Waals surface area (Å²) in [4.78, 5) is 0. The first-order chi connectivity index (χ1) is 5.75. The molecule has 0 aromatic heterocycles. The lowest BCUT2D eigenvalue weighted by molar-refractivity contribution is 0.368. The molecule has 0 saturated carbocycles. The fourth-order valence-electron chi connectivity index (χ4n) is 0.715. The molecule has 0 radical (unpaired) electrons. The quantitative estimate of drug-likeness (QED) is 0.601. The van der Waals surface area contributed by atoms with E-state index in [0.29, 0.717) is 5.02 Å². The van der Waals surface area contributed by atoms with Crippen molar-refractivity contribution in [3.8, 4) is 18.1 Å². The Morgan fingerprint density at radius 1 is 1.58 bits per heavy atom. The largest absolute Gasteiger partial charge is 0.480 e. The lowest BCUT2D eigenvalue weighted by Gasteiger charge is -2.05. The van der Waals surface area contributed by atoms with E-state index in [1.807, 2.05) is 18.2 Å². The Morgan fingerprint density at radius 2 is 2.33 bits per heavy atom. The summed E-state index contributed by atoms with van der Waals surface area (Å²) in [5, 5.41) is 0.685. The zero-order chi connectivity index (χ0) is 8.97. The molecule has 0 atom stereocenters. The van der Waals surface area contributed by atoms with Gasteiger partial charge in [-0.15, -0.1) is 6.42 Å². The fourth-order valence-corrected chi connectivity index (χ4v) is 1.40. The molecule has 0 aliphatic heterocycles. The Kier molecular flexibility index (Phi) is 3.70. The summed E-state index contributed by atoms with van der Waals surface area (Å²) in [6.07, 6.45) is 5.05. The molecular formula is C9H6ClIO. The van der Waals surface area contributed by atoms with E-state index < -0.39 is 0 Å². The highest BCUT2D eigenvalue weighted by Gasteiger charge is 2.02. The van der Waals surface area contributed by atoms with Gasteiger partial charge in [-0.1, -0.05) is 23.6 Å². The molecule has 0 amide bonds. The maximum atomic E-state index is 5.85. The zero-order valence-corrected chi connectivity index (χ0v) is 9.09. The molecule has 0 N–H and O–H groups in total. The van der Waals surface area contributed by atoms with Crippen LogP contribution in [0.25, 0.3) is 0 Å². The SMILES string of the molecule is C#CCOc1cccc(Cl)c1I. The van der Waals surface area contributed by atoms with Gasteiger partial charge in [0.15, 0.2) is 0 Å². The van der Waals surface area contributed by atoms with E-state index >= 15 is 0 Å². The third-order valence-corrected chi connectivity index (χ3v) is 2.97. The second kappa shape index (κ2) is 4.58. The van der Waals surface area contributed by atoms with Crippen molar-refractivity contribution >= 4 is 34.2 Å². The van der Waals surface area contributed by atoms with Crippen molar-refractivity contribution in [3.63, 3.8) is 0 Å². The normalized spacial score (nSPS) is 9.08. The lowest BCUT2D eigenvalue weighted by Crippen LogP contribution is -1.95. The highest BCUT2D eigenvalue weighted by Crippen LogP contribution is 2.27. The van der Waals surface area contributed by atoms with Gasteiger partial charge in [0, 0.05) is 0 Å². The molecule has 3 heteroatoms. The predicted octanol–water partition coefficient (Wildman–Crippen LogP) is 2.96. The van der Waals surface area contributed by atoms with Crippen LogP contribution in [0, 0.1) is 15.9 Å². The molecule has 1 aromatic rings. The Labute approximate surface area is 90.2 Å². The molecule has 1 aromatic carbocycles. The Morgan fingerprint density at radius 3 is 3.00 bits per heavy atom. The van der Waals surface area contributed by atoms with Gasteiger partial charge in [-0.3, -0.25) is 0 Å². The number of rotatable bonds is 2.